The van der Waals surface area contributed by atoms with Crippen LogP contribution in [0.15, 0.2) is 47.5 Å². The van der Waals surface area contributed by atoms with E-state index in [1.165, 1.54) is 18.1 Å². The van der Waals surface area contributed by atoms with E-state index in [2.05, 4.69) is 10.3 Å². The van der Waals surface area contributed by atoms with Crippen LogP contribution in [0.2, 0.25) is 5.02 Å². The van der Waals surface area contributed by atoms with E-state index in [4.69, 9.17) is 16.3 Å². The summed E-state index contributed by atoms with van der Waals surface area (Å²) in [6.45, 7) is 1.98. The lowest BCUT2D eigenvalue weighted by Gasteiger charge is -2.14. The Kier molecular flexibility index (Phi) is 7.35. The van der Waals surface area contributed by atoms with Crippen molar-refractivity contribution in [1.29, 1.82) is 0 Å². The molecule has 6 nitrogen and oxygen atoms in total. The summed E-state index contributed by atoms with van der Waals surface area (Å²) >= 11 is 6.69. The fraction of sp³-hybridized carbons (Fsp3) is 0.286. The first-order valence-corrected chi connectivity index (χ1v) is 10.8. The van der Waals surface area contributed by atoms with Gasteiger partial charge in [-0.3, -0.25) is 14.5 Å². The molecule has 1 heterocycles. The zero-order chi connectivity index (χ0) is 23.5. The first kappa shape index (κ1) is 23.9. The van der Waals surface area contributed by atoms with Crippen molar-refractivity contribution in [1.82, 2.24) is 4.90 Å². The van der Waals surface area contributed by atoms with Crippen molar-refractivity contribution in [2.45, 2.75) is 24.8 Å². The quantitative estimate of drug-likeness (QED) is 0.599. The monoisotopic (exact) mass is 485 g/mol. The topological polar surface area (TPSA) is 71.0 Å². The number of amides is 2. The van der Waals surface area contributed by atoms with Crippen LogP contribution in [0.3, 0.4) is 0 Å². The highest BCUT2D eigenvalue weighted by atomic mass is 35.5. The zero-order valence-electron chi connectivity index (χ0n) is 17.1. The fourth-order valence-corrected chi connectivity index (χ4v) is 4.43. The average Bonchev–Trinajstić information content (AvgIpc) is 3.03. The Bertz CT molecular complexity index is 1040. The fourth-order valence-electron chi connectivity index (χ4n) is 2.98. The molecular formula is C21H19ClF3N3O3S. The predicted molar refractivity (Wildman–Crippen MR) is 119 cm³/mol. The molecule has 0 aliphatic carbocycles. The van der Waals surface area contributed by atoms with E-state index in [-0.39, 0.29) is 35.6 Å². The first-order valence-electron chi connectivity index (χ1n) is 9.49. The maximum atomic E-state index is 13.1. The Balaban J connectivity index is 1.74. The van der Waals surface area contributed by atoms with E-state index in [1.807, 2.05) is 0 Å². The summed E-state index contributed by atoms with van der Waals surface area (Å²) < 4.78 is 44.4. The van der Waals surface area contributed by atoms with Crippen molar-refractivity contribution in [3.05, 3.63) is 53.1 Å². The van der Waals surface area contributed by atoms with Crippen LogP contribution in [-0.2, 0) is 15.8 Å². The van der Waals surface area contributed by atoms with Gasteiger partial charge in [0.2, 0.25) is 11.8 Å². The number of methoxy groups -OCH3 is 1. The van der Waals surface area contributed by atoms with Gasteiger partial charge in [-0.05, 0) is 49.4 Å². The number of hydrogen-bond acceptors (Lipinski definition) is 5. The number of aliphatic imine (C=N–C) groups is 1. The molecule has 1 aliphatic heterocycles. The second kappa shape index (κ2) is 9.83. The summed E-state index contributed by atoms with van der Waals surface area (Å²) in [5, 5.41) is 1.77. The lowest BCUT2D eigenvalue weighted by Crippen LogP contribution is -2.33. The van der Waals surface area contributed by atoms with E-state index >= 15 is 0 Å². The lowest BCUT2D eigenvalue weighted by atomic mass is 10.2. The molecule has 0 radical (unpaired) electrons. The second-order valence-corrected chi connectivity index (χ2v) is 8.30. The summed E-state index contributed by atoms with van der Waals surface area (Å²) in [5.74, 6) is -0.0600. The zero-order valence-corrected chi connectivity index (χ0v) is 18.6. The van der Waals surface area contributed by atoms with Gasteiger partial charge < -0.3 is 10.1 Å². The van der Waals surface area contributed by atoms with Crippen molar-refractivity contribution in [2.75, 3.05) is 19.0 Å². The number of benzene rings is 2. The Labute approximate surface area is 191 Å². The van der Waals surface area contributed by atoms with Crippen LogP contribution in [0.25, 0.3) is 0 Å². The summed E-state index contributed by atoms with van der Waals surface area (Å²) in [5.41, 5.74) is -0.444. The number of nitrogens with zero attached hydrogens (tertiary/aromatic N) is 2. The van der Waals surface area contributed by atoms with Crippen LogP contribution in [0.1, 0.15) is 18.9 Å². The molecule has 1 unspecified atom stereocenters. The highest BCUT2D eigenvalue weighted by Crippen LogP contribution is 2.38. The Morgan fingerprint density at radius 1 is 1.25 bits per heavy atom. The summed E-state index contributed by atoms with van der Waals surface area (Å²) in [4.78, 5) is 30.7. The average molecular weight is 486 g/mol. The van der Waals surface area contributed by atoms with Gasteiger partial charge in [0.05, 0.1) is 23.4 Å². The summed E-state index contributed by atoms with van der Waals surface area (Å²) in [7, 11) is 1.53. The number of ether oxygens (including phenoxy) is 1. The molecule has 1 saturated heterocycles. The molecule has 170 valence electrons. The number of halogens is 4. The summed E-state index contributed by atoms with van der Waals surface area (Å²) in [6.07, 6.45) is -4.74. The molecule has 0 spiro atoms. The van der Waals surface area contributed by atoms with Crippen molar-refractivity contribution < 1.29 is 27.5 Å². The van der Waals surface area contributed by atoms with Crippen molar-refractivity contribution in [3.63, 3.8) is 0 Å². The number of carbonyl (C=O) groups is 2. The molecule has 1 fully saturated rings. The van der Waals surface area contributed by atoms with Gasteiger partial charge in [-0.2, -0.15) is 13.2 Å². The number of alkyl halides is 3. The highest BCUT2D eigenvalue weighted by molar-refractivity contribution is 8.15. The molecule has 2 aromatic carbocycles. The maximum Gasteiger partial charge on any atom is 0.417 e. The Morgan fingerprint density at radius 3 is 2.53 bits per heavy atom. The van der Waals surface area contributed by atoms with Gasteiger partial charge in [-0.1, -0.05) is 23.4 Å². The molecule has 1 aliphatic rings. The minimum Gasteiger partial charge on any atom is -0.497 e. The van der Waals surface area contributed by atoms with Crippen LogP contribution < -0.4 is 10.1 Å². The molecule has 2 aromatic rings. The molecule has 11 heteroatoms. The van der Waals surface area contributed by atoms with Gasteiger partial charge in [0.15, 0.2) is 5.17 Å². The number of carbonyl (C=O) groups excluding carboxylic acids is 2. The molecular weight excluding hydrogens is 467 g/mol. The Morgan fingerprint density at radius 2 is 1.94 bits per heavy atom. The van der Waals surface area contributed by atoms with Crippen molar-refractivity contribution >= 4 is 51.7 Å². The third-order valence-electron chi connectivity index (χ3n) is 4.56. The van der Waals surface area contributed by atoms with Crippen LogP contribution >= 0.6 is 23.4 Å². The van der Waals surface area contributed by atoms with Crippen molar-refractivity contribution in [2.24, 2.45) is 4.99 Å². The molecule has 1 N–H and O–H groups in total. The smallest absolute Gasteiger partial charge is 0.417 e. The van der Waals surface area contributed by atoms with Crippen LogP contribution in [0.4, 0.5) is 24.5 Å². The Hall–Kier alpha value is -2.72. The number of anilines is 1. The number of amidine groups is 1. The molecule has 32 heavy (non-hydrogen) atoms. The van der Waals surface area contributed by atoms with Crippen molar-refractivity contribution in [3.8, 4) is 5.75 Å². The third-order valence-corrected chi connectivity index (χ3v) is 6.07. The normalized spacial score (nSPS) is 17.7. The number of hydrogen-bond donors (Lipinski definition) is 1. The maximum absolute atomic E-state index is 13.1. The summed E-state index contributed by atoms with van der Waals surface area (Å²) in [6, 6.07) is 10.0. The number of thioether (sulfide) groups is 1. The number of nitrogens with one attached hydrogen (secondary N) is 1. The van der Waals surface area contributed by atoms with E-state index < -0.39 is 22.0 Å². The van der Waals surface area contributed by atoms with Crippen LogP contribution in [-0.4, -0.2) is 40.8 Å². The minimum atomic E-state index is -4.63. The van der Waals surface area contributed by atoms with Gasteiger partial charge in [0, 0.05) is 18.7 Å². The molecule has 0 aromatic heterocycles. The van der Waals surface area contributed by atoms with Gasteiger partial charge in [0.25, 0.3) is 0 Å². The largest absolute Gasteiger partial charge is 0.497 e. The van der Waals surface area contributed by atoms with E-state index in [9.17, 15) is 22.8 Å². The second-order valence-electron chi connectivity index (χ2n) is 6.73. The molecule has 0 saturated carbocycles. The van der Waals surface area contributed by atoms with Gasteiger partial charge in [-0.15, -0.1) is 0 Å². The van der Waals surface area contributed by atoms with E-state index in [1.54, 1.807) is 31.2 Å². The molecule has 2 amide bonds. The minimum absolute atomic E-state index is 0.0128. The van der Waals surface area contributed by atoms with Gasteiger partial charge >= 0.3 is 6.18 Å². The molecule has 3 rings (SSSR count). The predicted octanol–water partition coefficient (Wildman–Crippen LogP) is 5.35. The number of rotatable bonds is 6. The standard InChI is InChI=1S/C21H19ClF3N3O3S/c1-3-28-19(30)17(11-18(29)26-12-4-7-14(31-2)8-5-12)32-20(28)27-13-6-9-16(22)15(10-13)21(23,24)25/h4-10,17H,3,11H2,1-2H3,(H,26,29). The van der Waals surface area contributed by atoms with E-state index in [0.717, 1.165) is 23.9 Å². The van der Waals surface area contributed by atoms with Gasteiger partial charge in [-0.25, -0.2) is 4.99 Å². The third kappa shape index (κ3) is 5.55. The SMILES string of the molecule is CCN1C(=O)C(CC(=O)Nc2ccc(OC)cc2)SC1=Nc1ccc(Cl)c(C(F)(F)F)c1. The molecule has 1 atom stereocenters. The van der Waals surface area contributed by atoms with E-state index in [0.29, 0.717) is 11.4 Å². The van der Waals surface area contributed by atoms with Crippen LogP contribution in [0, 0.1) is 0 Å². The van der Waals surface area contributed by atoms with Crippen LogP contribution in [0.5, 0.6) is 5.75 Å². The molecule has 0 bridgehead atoms. The first-order chi connectivity index (χ1) is 15.1. The highest BCUT2D eigenvalue weighted by Gasteiger charge is 2.39. The lowest BCUT2D eigenvalue weighted by molar-refractivity contribution is -0.137. The van der Waals surface area contributed by atoms with Gasteiger partial charge in [0.1, 0.15) is 11.0 Å².